The molecule has 154 valence electrons. The summed E-state index contributed by atoms with van der Waals surface area (Å²) in [5.74, 6) is 1.56. The summed E-state index contributed by atoms with van der Waals surface area (Å²) in [5.41, 5.74) is 1.04. The number of hydrogen-bond donors (Lipinski definition) is 2. The van der Waals surface area contributed by atoms with E-state index in [1.807, 2.05) is 31.2 Å². The fraction of sp³-hybridized carbons (Fsp3) is 0.350. The van der Waals surface area contributed by atoms with Crippen molar-refractivity contribution in [2.75, 3.05) is 26.0 Å². The van der Waals surface area contributed by atoms with Gasteiger partial charge in [0.25, 0.3) is 0 Å². The quantitative estimate of drug-likeness (QED) is 0.231. The van der Waals surface area contributed by atoms with Gasteiger partial charge >= 0.3 is 0 Å². The summed E-state index contributed by atoms with van der Waals surface area (Å²) in [5, 5.41) is 6.37. The lowest BCUT2D eigenvalue weighted by molar-refractivity contribution is 0.336. The maximum Gasteiger partial charge on any atom is 0.191 e. The molecule has 2 aromatic rings. The molecule has 0 saturated carbocycles. The Morgan fingerprint density at radius 2 is 1.71 bits per heavy atom. The summed E-state index contributed by atoms with van der Waals surface area (Å²) in [7, 11) is -1.56. The van der Waals surface area contributed by atoms with E-state index >= 15 is 0 Å². The van der Waals surface area contributed by atoms with Crippen molar-refractivity contribution in [1.82, 2.24) is 10.6 Å². The topological polar surface area (TPSA) is 79.8 Å². The van der Waals surface area contributed by atoms with Gasteiger partial charge in [-0.3, -0.25) is 4.99 Å². The maximum atomic E-state index is 12.3. The second kappa shape index (κ2) is 12.6. The highest BCUT2D eigenvalue weighted by molar-refractivity contribution is 14.0. The zero-order valence-electron chi connectivity index (χ0n) is 16.2. The molecule has 0 fully saturated rings. The van der Waals surface area contributed by atoms with E-state index in [-0.39, 0.29) is 29.7 Å². The van der Waals surface area contributed by atoms with Crippen molar-refractivity contribution >= 4 is 39.8 Å². The van der Waals surface area contributed by atoms with Crippen LogP contribution in [-0.2, 0) is 16.4 Å². The number of ether oxygens (including phenoxy) is 1. The first-order valence-electron chi connectivity index (χ1n) is 9.00. The van der Waals surface area contributed by atoms with Crippen LogP contribution in [-0.4, -0.2) is 40.3 Å². The fourth-order valence-corrected chi connectivity index (χ4v) is 3.89. The molecule has 0 spiro atoms. The average molecular weight is 517 g/mol. The fourth-order valence-electron chi connectivity index (χ4n) is 2.56. The van der Waals surface area contributed by atoms with E-state index in [0.29, 0.717) is 37.0 Å². The Labute approximate surface area is 184 Å². The van der Waals surface area contributed by atoms with E-state index in [0.717, 1.165) is 11.3 Å². The Morgan fingerprint density at radius 1 is 1.04 bits per heavy atom. The van der Waals surface area contributed by atoms with Gasteiger partial charge in [0.15, 0.2) is 15.8 Å². The highest BCUT2D eigenvalue weighted by Crippen LogP contribution is 2.17. The molecule has 0 radical (unpaired) electrons. The summed E-state index contributed by atoms with van der Waals surface area (Å²) in [4.78, 5) is 4.54. The largest absolute Gasteiger partial charge is 0.494 e. The van der Waals surface area contributed by atoms with Crippen LogP contribution in [0.5, 0.6) is 5.75 Å². The first-order chi connectivity index (χ1) is 13.1. The predicted molar refractivity (Wildman–Crippen MR) is 124 cm³/mol. The lowest BCUT2D eigenvalue weighted by atomic mass is 10.2. The van der Waals surface area contributed by atoms with Gasteiger partial charge in [-0.25, -0.2) is 8.42 Å². The molecule has 0 aliphatic heterocycles. The molecule has 0 heterocycles. The first-order valence-corrected chi connectivity index (χ1v) is 10.6. The second-order valence-electron chi connectivity index (χ2n) is 5.88. The van der Waals surface area contributed by atoms with Crippen molar-refractivity contribution < 1.29 is 13.2 Å². The molecule has 0 saturated heterocycles. The molecule has 0 aliphatic rings. The van der Waals surface area contributed by atoms with Gasteiger partial charge in [0.05, 0.1) is 17.3 Å². The van der Waals surface area contributed by atoms with Gasteiger partial charge < -0.3 is 15.4 Å². The molecule has 0 aromatic heterocycles. The van der Waals surface area contributed by atoms with E-state index in [1.165, 1.54) is 0 Å². The van der Waals surface area contributed by atoms with E-state index < -0.39 is 9.84 Å². The minimum atomic E-state index is -3.25. The maximum absolute atomic E-state index is 12.3. The van der Waals surface area contributed by atoms with Crippen LogP contribution in [0.15, 0.2) is 64.5 Å². The van der Waals surface area contributed by atoms with Crippen LogP contribution in [0.25, 0.3) is 0 Å². The van der Waals surface area contributed by atoms with Crippen molar-refractivity contribution in [1.29, 1.82) is 0 Å². The van der Waals surface area contributed by atoms with Gasteiger partial charge in [-0.1, -0.05) is 36.4 Å². The third-order valence-corrected chi connectivity index (χ3v) is 5.74. The third-order valence-electron chi connectivity index (χ3n) is 3.93. The van der Waals surface area contributed by atoms with E-state index in [4.69, 9.17) is 4.74 Å². The van der Waals surface area contributed by atoms with Gasteiger partial charge in [-0.15, -0.1) is 24.0 Å². The van der Waals surface area contributed by atoms with Crippen LogP contribution < -0.4 is 15.4 Å². The molecule has 28 heavy (non-hydrogen) atoms. The Morgan fingerprint density at radius 3 is 2.39 bits per heavy atom. The Bertz CT molecular complexity index is 843. The number of para-hydroxylation sites is 1. The standard InChI is InChI=1S/C20H27N3O3S.HI/c1-3-26-19-13-8-7-10-17(19)16-23-20(21-2)22-14-9-15-27(24,25)18-11-5-4-6-12-18;/h4-8,10-13H,3,9,14-16H2,1-2H3,(H2,21,22,23);1H. The van der Waals surface area contributed by atoms with Crippen molar-refractivity contribution in [2.45, 2.75) is 24.8 Å². The number of benzene rings is 2. The van der Waals surface area contributed by atoms with E-state index in [9.17, 15) is 8.42 Å². The number of guanidine groups is 1. The van der Waals surface area contributed by atoms with E-state index in [1.54, 1.807) is 37.4 Å². The second-order valence-corrected chi connectivity index (χ2v) is 7.99. The molecule has 8 heteroatoms. The van der Waals surface area contributed by atoms with Crippen molar-refractivity contribution in [3.05, 3.63) is 60.2 Å². The Hall–Kier alpha value is -1.81. The van der Waals surface area contributed by atoms with Gasteiger partial charge in [0.2, 0.25) is 0 Å². The monoisotopic (exact) mass is 517 g/mol. The SMILES string of the molecule is CCOc1ccccc1CNC(=NC)NCCCS(=O)(=O)c1ccccc1.I. The molecule has 0 amide bonds. The number of hydrogen-bond acceptors (Lipinski definition) is 4. The zero-order valence-corrected chi connectivity index (χ0v) is 19.4. The normalized spacial score (nSPS) is 11.4. The number of nitrogens with zero attached hydrogens (tertiary/aromatic N) is 1. The molecule has 0 unspecified atom stereocenters. The number of sulfone groups is 1. The molecule has 0 aliphatic carbocycles. The van der Waals surface area contributed by atoms with Crippen molar-refractivity contribution in [3.8, 4) is 5.75 Å². The lowest BCUT2D eigenvalue weighted by Gasteiger charge is -2.14. The number of aliphatic imine (C=N–C) groups is 1. The molecule has 0 bridgehead atoms. The highest BCUT2D eigenvalue weighted by Gasteiger charge is 2.13. The zero-order chi connectivity index (χ0) is 19.5. The third kappa shape index (κ3) is 7.67. The van der Waals surface area contributed by atoms with Crippen LogP contribution in [0.4, 0.5) is 0 Å². The summed E-state index contributed by atoms with van der Waals surface area (Å²) >= 11 is 0. The first kappa shape index (κ1) is 24.2. The molecule has 2 aromatic carbocycles. The number of nitrogens with one attached hydrogen (secondary N) is 2. The summed E-state index contributed by atoms with van der Waals surface area (Å²) in [6.45, 7) is 3.64. The van der Waals surface area contributed by atoms with E-state index in [2.05, 4.69) is 15.6 Å². The molecule has 2 N–H and O–H groups in total. The van der Waals surface area contributed by atoms with Gasteiger partial charge in [-0.05, 0) is 31.5 Å². The average Bonchev–Trinajstić information content (AvgIpc) is 2.69. The van der Waals surface area contributed by atoms with Crippen LogP contribution in [0.2, 0.25) is 0 Å². The minimum absolute atomic E-state index is 0. The molecule has 0 atom stereocenters. The summed E-state index contributed by atoms with van der Waals surface area (Å²) in [6, 6.07) is 16.4. The van der Waals surface area contributed by atoms with Gasteiger partial charge in [0, 0.05) is 25.7 Å². The Balaban J connectivity index is 0.00000392. The molecule has 6 nitrogen and oxygen atoms in total. The highest BCUT2D eigenvalue weighted by atomic mass is 127. The summed E-state index contributed by atoms with van der Waals surface area (Å²) < 4.78 is 30.2. The van der Waals surface area contributed by atoms with Gasteiger partial charge in [0.1, 0.15) is 5.75 Å². The van der Waals surface area contributed by atoms with Gasteiger partial charge in [-0.2, -0.15) is 0 Å². The smallest absolute Gasteiger partial charge is 0.191 e. The minimum Gasteiger partial charge on any atom is -0.494 e. The molecular weight excluding hydrogens is 489 g/mol. The van der Waals surface area contributed by atoms with Crippen molar-refractivity contribution in [2.24, 2.45) is 4.99 Å². The predicted octanol–water partition coefficient (Wildman–Crippen LogP) is 3.23. The number of halogens is 1. The summed E-state index contributed by atoms with van der Waals surface area (Å²) in [6.07, 6.45) is 0.494. The van der Waals surface area contributed by atoms with Crippen LogP contribution >= 0.6 is 24.0 Å². The molecule has 2 rings (SSSR count). The molecular formula is C20H28IN3O3S. The Kier molecular flexibility index (Phi) is 10.9. The lowest BCUT2D eigenvalue weighted by Crippen LogP contribution is -2.37. The van der Waals surface area contributed by atoms with Crippen LogP contribution in [0, 0.1) is 0 Å². The van der Waals surface area contributed by atoms with Crippen LogP contribution in [0.1, 0.15) is 18.9 Å². The van der Waals surface area contributed by atoms with Crippen LogP contribution in [0.3, 0.4) is 0 Å². The van der Waals surface area contributed by atoms with Crippen molar-refractivity contribution in [3.63, 3.8) is 0 Å². The number of rotatable bonds is 9.